The molecule has 166 valence electrons. The van der Waals surface area contributed by atoms with Crippen LogP contribution < -0.4 is 9.47 Å². The van der Waals surface area contributed by atoms with Crippen LogP contribution in [-0.4, -0.2) is 57.1 Å². The van der Waals surface area contributed by atoms with Gasteiger partial charge in [-0.3, -0.25) is 9.36 Å². The van der Waals surface area contributed by atoms with E-state index in [-0.39, 0.29) is 12.0 Å². The Hall–Kier alpha value is -3.00. The van der Waals surface area contributed by atoms with Crippen LogP contribution in [0, 0.1) is 0 Å². The summed E-state index contributed by atoms with van der Waals surface area (Å²) in [6.07, 6.45) is 2.10. The van der Waals surface area contributed by atoms with Gasteiger partial charge in [-0.05, 0) is 44.0 Å². The van der Waals surface area contributed by atoms with Crippen molar-refractivity contribution >= 4 is 17.7 Å². The number of amides is 1. The lowest BCUT2D eigenvalue weighted by molar-refractivity contribution is -0.129. The minimum atomic E-state index is -0.187. The number of benzene rings is 2. The molecule has 0 unspecified atom stereocenters. The molecular weight excluding hydrogens is 424 g/mol. The molecule has 2 aromatic carbocycles. The average molecular weight is 451 g/mol. The monoisotopic (exact) mass is 450 g/mol. The molecule has 2 aliphatic rings. The first-order valence-electron chi connectivity index (χ1n) is 11.0. The van der Waals surface area contributed by atoms with E-state index in [1.165, 1.54) is 11.8 Å². The highest BCUT2D eigenvalue weighted by Gasteiger charge is 2.31. The Morgan fingerprint density at radius 2 is 1.84 bits per heavy atom. The first kappa shape index (κ1) is 20.9. The smallest absolute Gasteiger partial charge is 0.233 e. The number of ether oxygens (including phenoxy) is 2. The number of rotatable bonds is 8. The van der Waals surface area contributed by atoms with Crippen LogP contribution >= 0.6 is 11.8 Å². The van der Waals surface area contributed by atoms with E-state index in [0.717, 1.165) is 41.0 Å². The largest absolute Gasteiger partial charge is 0.486 e. The maximum atomic E-state index is 13.0. The lowest BCUT2D eigenvalue weighted by atomic mass is 10.2. The molecule has 2 heterocycles. The van der Waals surface area contributed by atoms with Crippen LogP contribution in [0.25, 0.3) is 5.69 Å². The highest BCUT2D eigenvalue weighted by molar-refractivity contribution is 7.99. The van der Waals surface area contributed by atoms with Crippen LogP contribution in [0.5, 0.6) is 11.5 Å². The molecule has 5 rings (SSSR count). The lowest BCUT2D eigenvalue weighted by Crippen LogP contribution is -2.44. The molecule has 1 saturated carbocycles. The standard InChI is InChI=1S/C24H26N4O3S/c1-2-27(14-19-15-30-20-10-6-7-11-21(20)31-19)22(29)16-32-24-26-25-23(17-12-13-17)28(24)18-8-4-3-5-9-18/h3-11,17,19H,2,12-16H2,1H3/t19-/m1/s1. The highest BCUT2D eigenvalue weighted by Crippen LogP contribution is 2.41. The summed E-state index contributed by atoms with van der Waals surface area (Å²) in [6, 6.07) is 17.7. The van der Waals surface area contributed by atoms with Crippen molar-refractivity contribution in [1.82, 2.24) is 19.7 Å². The summed E-state index contributed by atoms with van der Waals surface area (Å²) in [7, 11) is 0. The van der Waals surface area contributed by atoms with E-state index in [9.17, 15) is 4.79 Å². The maximum absolute atomic E-state index is 13.0. The summed E-state index contributed by atoms with van der Waals surface area (Å²) in [5, 5.41) is 9.61. The highest BCUT2D eigenvalue weighted by atomic mass is 32.2. The van der Waals surface area contributed by atoms with E-state index < -0.39 is 0 Å². The molecule has 0 saturated heterocycles. The minimum Gasteiger partial charge on any atom is -0.486 e. The third kappa shape index (κ3) is 4.46. The topological polar surface area (TPSA) is 69.5 Å². The third-order valence-electron chi connectivity index (χ3n) is 5.67. The minimum absolute atomic E-state index is 0.0514. The molecule has 0 radical (unpaired) electrons. The molecule has 1 fully saturated rings. The summed E-state index contributed by atoms with van der Waals surface area (Å²) in [5.41, 5.74) is 1.04. The van der Waals surface area contributed by atoms with Crippen molar-refractivity contribution in [2.75, 3.05) is 25.4 Å². The molecule has 3 aromatic rings. The Morgan fingerprint density at radius 3 is 2.59 bits per heavy atom. The second-order valence-electron chi connectivity index (χ2n) is 8.00. The molecule has 0 N–H and O–H groups in total. The fourth-order valence-electron chi connectivity index (χ4n) is 3.82. The van der Waals surface area contributed by atoms with Gasteiger partial charge < -0.3 is 14.4 Å². The molecule has 1 aliphatic carbocycles. The van der Waals surface area contributed by atoms with Crippen molar-refractivity contribution in [2.45, 2.75) is 36.9 Å². The zero-order valence-corrected chi connectivity index (χ0v) is 18.8. The average Bonchev–Trinajstić information content (AvgIpc) is 3.60. The van der Waals surface area contributed by atoms with Crippen LogP contribution in [0.15, 0.2) is 59.8 Å². The third-order valence-corrected chi connectivity index (χ3v) is 6.58. The first-order chi connectivity index (χ1) is 15.7. The lowest BCUT2D eigenvalue weighted by Gasteiger charge is -2.30. The Morgan fingerprint density at radius 1 is 1.09 bits per heavy atom. The molecule has 1 aliphatic heterocycles. The Kier molecular flexibility index (Phi) is 6.03. The number of thioether (sulfide) groups is 1. The second-order valence-corrected chi connectivity index (χ2v) is 8.95. The number of carbonyl (C=O) groups excluding carboxylic acids is 1. The van der Waals surface area contributed by atoms with Gasteiger partial charge in [0.15, 0.2) is 22.8 Å². The molecule has 0 bridgehead atoms. The van der Waals surface area contributed by atoms with Gasteiger partial charge >= 0.3 is 0 Å². The molecule has 1 aromatic heterocycles. The number of para-hydroxylation sites is 3. The van der Waals surface area contributed by atoms with Gasteiger partial charge in [0.05, 0.1) is 12.3 Å². The SMILES string of the molecule is CCN(C[C@@H]1COc2ccccc2O1)C(=O)CSc1nnc(C2CC2)n1-c1ccccc1. The van der Waals surface area contributed by atoms with Gasteiger partial charge in [-0.25, -0.2) is 0 Å². The summed E-state index contributed by atoms with van der Waals surface area (Å²) in [4.78, 5) is 14.8. The fourth-order valence-corrected chi connectivity index (χ4v) is 4.69. The molecule has 0 spiro atoms. The van der Waals surface area contributed by atoms with Crippen LogP contribution in [-0.2, 0) is 4.79 Å². The van der Waals surface area contributed by atoms with Crippen LogP contribution in [0.2, 0.25) is 0 Å². The summed E-state index contributed by atoms with van der Waals surface area (Å²) >= 11 is 1.44. The van der Waals surface area contributed by atoms with E-state index in [1.54, 1.807) is 0 Å². The van der Waals surface area contributed by atoms with E-state index in [4.69, 9.17) is 9.47 Å². The Labute approximate surface area is 191 Å². The number of hydrogen-bond acceptors (Lipinski definition) is 6. The quantitative estimate of drug-likeness (QED) is 0.485. The number of nitrogens with zero attached hydrogens (tertiary/aromatic N) is 4. The number of hydrogen-bond donors (Lipinski definition) is 0. The fraction of sp³-hybridized carbons (Fsp3) is 0.375. The van der Waals surface area contributed by atoms with Crippen molar-refractivity contribution in [3.63, 3.8) is 0 Å². The predicted molar refractivity (Wildman–Crippen MR) is 123 cm³/mol. The zero-order chi connectivity index (χ0) is 21.9. The van der Waals surface area contributed by atoms with Gasteiger partial charge in [0.25, 0.3) is 0 Å². The summed E-state index contributed by atoms with van der Waals surface area (Å²) in [6.45, 7) is 3.52. The Bertz CT molecular complexity index is 1080. The first-order valence-corrected chi connectivity index (χ1v) is 12.0. The van der Waals surface area contributed by atoms with Crippen molar-refractivity contribution in [3.05, 3.63) is 60.4 Å². The summed E-state index contributed by atoms with van der Waals surface area (Å²) in [5.74, 6) is 3.28. The van der Waals surface area contributed by atoms with E-state index in [2.05, 4.69) is 26.9 Å². The molecule has 1 amide bonds. The van der Waals surface area contributed by atoms with Gasteiger partial charge in [0.1, 0.15) is 12.4 Å². The Balaban J connectivity index is 1.24. The zero-order valence-electron chi connectivity index (χ0n) is 18.0. The molecular formula is C24H26N4O3S. The van der Waals surface area contributed by atoms with Gasteiger partial charge in [-0.2, -0.15) is 0 Å². The van der Waals surface area contributed by atoms with Gasteiger partial charge in [0, 0.05) is 18.2 Å². The van der Waals surface area contributed by atoms with Crippen molar-refractivity contribution in [3.8, 4) is 17.2 Å². The number of carbonyl (C=O) groups is 1. The van der Waals surface area contributed by atoms with Gasteiger partial charge in [0.2, 0.25) is 5.91 Å². The summed E-state index contributed by atoms with van der Waals surface area (Å²) < 4.78 is 13.9. The molecule has 8 heteroatoms. The van der Waals surface area contributed by atoms with E-state index in [0.29, 0.717) is 31.4 Å². The molecule has 32 heavy (non-hydrogen) atoms. The van der Waals surface area contributed by atoms with Crippen LogP contribution in [0.3, 0.4) is 0 Å². The number of aromatic nitrogens is 3. The van der Waals surface area contributed by atoms with Crippen LogP contribution in [0.4, 0.5) is 0 Å². The molecule has 7 nitrogen and oxygen atoms in total. The maximum Gasteiger partial charge on any atom is 0.233 e. The van der Waals surface area contributed by atoms with Crippen molar-refractivity contribution < 1.29 is 14.3 Å². The second kappa shape index (κ2) is 9.24. The van der Waals surface area contributed by atoms with Crippen molar-refractivity contribution in [2.24, 2.45) is 0 Å². The van der Waals surface area contributed by atoms with E-state index >= 15 is 0 Å². The van der Waals surface area contributed by atoms with Gasteiger partial charge in [-0.15, -0.1) is 10.2 Å². The number of likely N-dealkylation sites (N-methyl/N-ethyl adjacent to an activating group) is 1. The van der Waals surface area contributed by atoms with E-state index in [1.807, 2.05) is 54.3 Å². The van der Waals surface area contributed by atoms with Crippen LogP contribution in [0.1, 0.15) is 31.5 Å². The molecule has 1 atom stereocenters. The normalized spacial score (nSPS) is 17.2. The number of fused-ring (bicyclic) bond motifs is 1. The predicted octanol–water partition coefficient (Wildman–Crippen LogP) is 3.93. The van der Waals surface area contributed by atoms with Crippen molar-refractivity contribution in [1.29, 1.82) is 0 Å². The van der Waals surface area contributed by atoms with Gasteiger partial charge in [-0.1, -0.05) is 42.1 Å².